The molecule has 4 nitrogen and oxygen atoms in total. The zero-order valence-electron chi connectivity index (χ0n) is 13.9. The van der Waals surface area contributed by atoms with E-state index in [1.54, 1.807) is 12.1 Å². The van der Waals surface area contributed by atoms with Crippen LogP contribution in [0.3, 0.4) is 0 Å². The predicted molar refractivity (Wildman–Crippen MR) is 95.2 cm³/mol. The molecule has 0 saturated carbocycles. The monoisotopic (exact) mass is 322 g/mol. The van der Waals surface area contributed by atoms with Gasteiger partial charge in [-0.3, -0.25) is 9.59 Å². The Morgan fingerprint density at radius 1 is 1.08 bits per heavy atom. The summed E-state index contributed by atoms with van der Waals surface area (Å²) >= 11 is 0. The number of amides is 2. The van der Waals surface area contributed by atoms with Gasteiger partial charge in [0, 0.05) is 30.8 Å². The van der Waals surface area contributed by atoms with Crippen LogP contribution in [0, 0.1) is 6.92 Å². The molecule has 0 aliphatic carbocycles. The molecule has 0 spiro atoms. The molecule has 2 aromatic rings. The zero-order valence-corrected chi connectivity index (χ0v) is 13.9. The van der Waals surface area contributed by atoms with Gasteiger partial charge in [-0.2, -0.15) is 0 Å². The second-order valence-electron chi connectivity index (χ2n) is 6.15. The van der Waals surface area contributed by atoms with Gasteiger partial charge in [0.25, 0.3) is 5.91 Å². The van der Waals surface area contributed by atoms with E-state index in [-0.39, 0.29) is 11.8 Å². The number of nitrogens with zero attached hydrogens (tertiary/aromatic N) is 1. The van der Waals surface area contributed by atoms with Gasteiger partial charge in [-0.05, 0) is 43.5 Å². The van der Waals surface area contributed by atoms with Crippen LogP contribution >= 0.6 is 0 Å². The minimum absolute atomic E-state index is 0.0614. The average Bonchev–Trinajstić information content (AvgIpc) is 2.61. The number of fused-ring (bicyclic) bond motifs is 1. The molecule has 2 amide bonds. The van der Waals surface area contributed by atoms with Crippen molar-refractivity contribution in [1.29, 1.82) is 0 Å². The van der Waals surface area contributed by atoms with E-state index in [4.69, 9.17) is 0 Å². The maximum Gasteiger partial charge on any atom is 0.251 e. The van der Waals surface area contributed by atoms with E-state index >= 15 is 0 Å². The van der Waals surface area contributed by atoms with Crippen molar-refractivity contribution in [2.75, 3.05) is 18.0 Å². The Kier molecular flexibility index (Phi) is 4.94. The summed E-state index contributed by atoms with van der Waals surface area (Å²) < 4.78 is 0. The molecule has 1 aliphatic rings. The summed E-state index contributed by atoms with van der Waals surface area (Å²) in [4.78, 5) is 26.4. The van der Waals surface area contributed by atoms with Gasteiger partial charge in [-0.1, -0.05) is 35.9 Å². The van der Waals surface area contributed by atoms with Crippen molar-refractivity contribution >= 4 is 17.5 Å². The van der Waals surface area contributed by atoms with Gasteiger partial charge in [-0.15, -0.1) is 0 Å². The van der Waals surface area contributed by atoms with Crippen LogP contribution in [-0.4, -0.2) is 24.9 Å². The first-order valence-corrected chi connectivity index (χ1v) is 8.38. The molecule has 24 heavy (non-hydrogen) atoms. The Balaban J connectivity index is 1.55. The second-order valence-corrected chi connectivity index (χ2v) is 6.15. The maximum atomic E-state index is 12.5. The number of nitrogens with one attached hydrogen (secondary N) is 1. The number of carbonyl (C=O) groups is 2. The number of hydrogen-bond acceptors (Lipinski definition) is 2. The highest BCUT2D eigenvalue weighted by Gasteiger charge is 2.21. The lowest BCUT2D eigenvalue weighted by Gasteiger charge is -2.29. The van der Waals surface area contributed by atoms with E-state index in [2.05, 4.69) is 11.4 Å². The molecular formula is C20H22N2O2. The molecule has 2 aromatic carbocycles. The Labute approximate surface area is 142 Å². The van der Waals surface area contributed by atoms with Crippen LogP contribution in [0.2, 0.25) is 0 Å². The predicted octanol–water partition coefficient (Wildman–Crippen LogP) is 3.09. The summed E-state index contributed by atoms with van der Waals surface area (Å²) in [6.07, 6.45) is 2.31. The molecule has 0 fully saturated rings. The van der Waals surface area contributed by atoms with Crippen molar-refractivity contribution in [3.63, 3.8) is 0 Å². The largest absolute Gasteiger partial charge is 0.352 e. The Morgan fingerprint density at radius 3 is 2.62 bits per heavy atom. The first kappa shape index (κ1) is 16.2. The van der Waals surface area contributed by atoms with Crippen molar-refractivity contribution in [3.05, 3.63) is 65.2 Å². The maximum absolute atomic E-state index is 12.5. The summed E-state index contributed by atoms with van der Waals surface area (Å²) in [7, 11) is 0. The molecule has 0 radical (unpaired) electrons. The van der Waals surface area contributed by atoms with Crippen molar-refractivity contribution in [2.45, 2.75) is 26.2 Å². The van der Waals surface area contributed by atoms with E-state index in [0.29, 0.717) is 18.5 Å². The third kappa shape index (κ3) is 3.65. The van der Waals surface area contributed by atoms with Gasteiger partial charge >= 0.3 is 0 Å². The first-order chi connectivity index (χ1) is 11.6. The summed E-state index contributed by atoms with van der Waals surface area (Å²) in [5.41, 5.74) is 3.97. The van der Waals surface area contributed by atoms with Crippen LogP contribution in [0.5, 0.6) is 0 Å². The number of aryl methyl sites for hydroxylation is 2. The van der Waals surface area contributed by atoms with Gasteiger partial charge in [0.15, 0.2) is 0 Å². The van der Waals surface area contributed by atoms with Crippen molar-refractivity contribution in [1.82, 2.24) is 5.32 Å². The number of para-hydroxylation sites is 1. The highest BCUT2D eigenvalue weighted by atomic mass is 16.2. The first-order valence-electron chi connectivity index (χ1n) is 8.38. The van der Waals surface area contributed by atoms with Gasteiger partial charge in [-0.25, -0.2) is 0 Å². The van der Waals surface area contributed by atoms with Crippen LogP contribution in [0.15, 0.2) is 48.5 Å². The number of anilines is 1. The molecular weight excluding hydrogens is 300 g/mol. The minimum atomic E-state index is -0.137. The van der Waals surface area contributed by atoms with Gasteiger partial charge in [0.2, 0.25) is 5.91 Å². The Bertz CT molecular complexity index is 738. The van der Waals surface area contributed by atoms with E-state index in [1.165, 1.54) is 5.56 Å². The fourth-order valence-corrected chi connectivity index (χ4v) is 3.02. The molecule has 124 valence electrons. The SMILES string of the molecule is Cc1ccc(C(=O)NCCC(=O)N2CCCc3ccccc32)cc1. The molecule has 4 heteroatoms. The lowest BCUT2D eigenvalue weighted by Crippen LogP contribution is -2.37. The fraction of sp³-hybridized carbons (Fsp3) is 0.300. The molecule has 0 atom stereocenters. The van der Waals surface area contributed by atoms with Crippen molar-refractivity contribution < 1.29 is 9.59 Å². The number of rotatable bonds is 4. The summed E-state index contributed by atoms with van der Waals surface area (Å²) in [5, 5.41) is 2.83. The van der Waals surface area contributed by atoms with Crippen LogP contribution in [0.25, 0.3) is 0 Å². The van der Waals surface area contributed by atoms with Crippen molar-refractivity contribution in [2.24, 2.45) is 0 Å². The summed E-state index contributed by atoms with van der Waals surface area (Å²) in [6, 6.07) is 15.5. The molecule has 1 heterocycles. The Morgan fingerprint density at radius 2 is 1.83 bits per heavy atom. The molecule has 0 aromatic heterocycles. The Hall–Kier alpha value is -2.62. The lowest BCUT2D eigenvalue weighted by atomic mass is 10.0. The molecule has 0 bridgehead atoms. The molecule has 3 rings (SSSR count). The fourth-order valence-electron chi connectivity index (χ4n) is 3.02. The van der Waals surface area contributed by atoms with E-state index in [1.807, 2.05) is 42.2 Å². The van der Waals surface area contributed by atoms with Gasteiger partial charge in [0.05, 0.1) is 0 Å². The third-order valence-corrected chi connectivity index (χ3v) is 4.35. The van der Waals surface area contributed by atoms with E-state index < -0.39 is 0 Å². The van der Waals surface area contributed by atoms with Crippen LogP contribution < -0.4 is 10.2 Å². The smallest absolute Gasteiger partial charge is 0.251 e. The molecule has 1 aliphatic heterocycles. The van der Waals surface area contributed by atoms with Crippen molar-refractivity contribution in [3.8, 4) is 0 Å². The third-order valence-electron chi connectivity index (χ3n) is 4.35. The lowest BCUT2D eigenvalue weighted by molar-refractivity contribution is -0.118. The number of carbonyl (C=O) groups excluding carboxylic acids is 2. The quantitative estimate of drug-likeness (QED) is 0.940. The summed E-state index contributed by atoms with van der Waals surface area (Å²) in [5.74, 6) is -0.0757. The molecule has 1 N–H and O–H groups in total. The van der Waals surface area contributed by atoms with Gasteiger partial charge < -0.3 is 10.2 Å². The summed E-state index contributed by atoms with van der Waals surface area (Å²) in [6.45, 7) is 3.09. The standard InChI is InChI=1S/C20H22N2O2/c1-15-8-10-17(11-9-15)20(24)21-13-12-19(23)22-14-4-6-16-5-2-3-7-18(16)22/h2-3,5,7-11H,4,6,12-14H2,1H3,(H,21,24). The van der Waals surface area contributed by atoms with E-state index in [0.717, 1.165) is 30.6 Å². The highest BCUT2D eigenvalue weighted by molar-refractivity contribution is 5.96. The average molecular weight is 322 g/mol. The number of hydrogen-bond donors (Lipinski definition) is 1. The topological polar surface area (TPSA) is 49.4 Å². The van der Waals surface area contributed by atoms with Crippen LogP contribution in [-0.2, 0) is 11.2 Å². The van der Waals surface area contributed by atoms with Crippen LogP contribution in [0.4, 0.5) is 5.69 Å². The van der Waals surface area contributed by atoms with E-state index in [9.17, 15) is 9.59 Å². The minimum Gasteiger partial charge on any atom is -0.352 e. The normalized spacial score (nSPS) is 13.3. The molecule has 0 unspecified atom stereocenters. The number of benzene rings is 2. The highest BCUT2D eigenvalue weighted by Crippen LogP contribution is 2.26. The zero-order chi connectivity index (χ0) is 16.9. The second kappa shape index (κ2) is 7.30. The molecule has 0 saturated heterocycles. The van der Waals surface area contributed by atoms with Gasteiger partial charge in [0.1, 0.15) is 0 Å². The van der Waals surface area contributed by atoms with Crippen LogP contribution in [0.1, 0.15) is 34.3 Å².